The van der Waals surface area contributed by atoms with Crippen LogP contribution in [0.3, 0.4) is 0 Å². The number of aromatic nitrogens is 1. The van der Waals surface area contributed by atoms with Crippen LogP contribution in [0.1, 0.15) is 38.1 Å². The Bertz CT molecular complexity index is 691. The highest BCUT2D eigenvalue weighted by Gasteiger charge is 2.18. The third-order valence-electron chi connectivity index (χ3n) is 3.05. The van der Waals surface area contributed by atoms with Gasteiger partial charge in [-0.3, -0.25) is 4.79 Å². The summed E-state index contributed by atoms with van der Waals surface area (Å²) in [6.45, 7) is 3.57. The molecule has 0 aromatic carbocycles. The highest BCUT2D eigenvalue weighted by molar-refractivity contribution is 5.92. The second kappa shape index (κ2) is 5.78. The molecule has 0 aliphatic carbocycles. The molecule has 2 aromatic rings. The lowest BCUT2D eigenvalue weighted by Gasteiger charge is -2.15. The first kappa shape index (κ1) is 14.8. The lowest BCUT2D eigenvalue weighted by Crippen LogP contribution is -2.26. The Morgan fingerprint density at radius 2 is 2.05 bits per heavy atom. The minimum absolute atomic E-state index is 0.111. The maximum absolute atomic E-state index is 12.2. The van der Waals surface area contributed by atoms with E-state index in [1.807, 2.05) is 13.0 Å². The number of carboxylic acids is 1. The third kappa shape index (κ3) is 3.28. The van der Waals surface area contributed by atoms with E-state index in [0.29, 0.717) is 17.2 Å². The Morgan fingerprint density at radius 3 is 2.62 bits per heavy atom. The number of amides is 1. The molecule has 6 nitrogen and oxygen atoms in total. The Hall–Kier alpha value is -2.63. The van der Waals surface area contributed by atoms with Gasteiger partial charge < -0.3 is 14.4 Å². The van der Waals surface area contributed by atoms with Gasteiger partial charge in [-0.15, -0.1) is 0 Å². The van der Waals surface area contributed by atoms with E-state index in [2.05, 4.69) is 4.98 Å². The van der Waals surface area contributed by atoms with Gasteiger partial charge >= 0.3 is 5.97 Å². The predicted octanol–water partition coefficient (Wildman–Crippen LogP) is 2.26. The lowest BCUT2D eigenvalue weighted by atomic mass is 10.2. The van der Waals surface area contributed by atoms with Crippen molar-refractivity contribution in [3.05, 3.63) is 52.7 Å². The Labute approximate surface area is 122 Å². The number of nitrogens with zero attached hydrogens (tertiary/aromatic N) is 2. The second-order valence-electron chi connectivity index (χ2n) is 4.81. The van der Waals surface area contributed by atoms with E-state index in [1.54, 1.807) is 26.1 Å². The summed E-state index contributed by atoms with van der Waals surface area (Å²) in [6.07, 6.45) is 0. The first-order valence-electron chi connectivity index (χ1n) is 6.40. The van der Waals surface area contributed by atoms with Gasteiger partial charge in [0.05, 0.1) is 6.54 Å². The molecule has 0 saturated heterocycles. The van der Waals surface area contributed by atoms with Gasteiger partial charge in [-0.2, -0.15) is 0 Å². The summed E-state index contributed by atoms with van der Waals surface area (Å²) in [4.78, 5) is 28.8. The van der Waals surface area contributed by atoms with E-state index in [-0.39, 0.29) is 18.0 Å². The summed E-state index contributed by atoms with van der Waals surface area (Å²) in [7, 11) is 1.62. The molecular weight excluding hydrogens is 272 g/mol. The van der Waals surface area contributed by atoms with Crippen molar-refractivity contribution in [3.8, 4) is 0 Å². The molecule has 0 atom stereocenters. The zero-order chi connectivity index (χ0) is 15.6. The molecule has 1 amide bonds. The molecule has 2 rings (SSSR count). The van der Waals surface area contributed by atoms with Crippen LogP contribution in [0, 0.1) is 13.8 Å². The van der Waals surface area contributed by atoms with Crippen LogP contribution in [-0.4, -0.2) is 33.9 Å². The molecule has 2 aromatic heterocycles. The van der Waals surface area contributed by atoms with E-state index in [4.69, 9.17) is 9.52 Å². The number of rotatable bonds is 4. The zero-order valence-corrected chi connectivity index (χ0v) is 12.1. The summed E-state index contributed by atoms with van der Waals surface area (Å²) in [6, 6.07) is 6.65. The highest BCUT2D eigenvalue weighted by atomic mass is 16.4. The van der Waals surface area contributed by atoms with E-state index in [1.165, 1.54) is 11.0 Å². The van der Waals surface area contributed by atoms with Crippen molar-refractivity contribution < 1.29 is 19.1 Å². The van der Waals surface area contributed by atoms with Crippen LogP contribution in [0.4, 0.5) is 0 Å². The van der Waals surface area contributed by atoms with E-state index in [9.17, 15) is 9.59 Å². The molecule has 2 heterocycles. The summed E-state index contributed by atoms with van der Waals surface area (Å²) in [5, 5.41) is 8.98. The standard InChI is InChI=1S/C15H16N2O4/c1-9-5-4-6-13(16-9)14(18)17(3)8-11-7-12(15(19)20)10(2)21-11/h4-7H,8H2,1-3H3,(H,19,20). The average molecular weight is 288 g/mol. The van der Waals surface area contributed by atoms with Gasteiger partial charge in [0.2, 0.25) is 0 Å². The van der Waals surface area contributed by atoms with Crippen molar-refractivity contribution in [2.45, 2.75) is 20.4 Å². The molecule has 0 spiro atoms. The van der Waals surface area contributed by atoms with Crippen LogP contribution >= 0.6 is 0 Å². The molecule has 0 saturated carbocycles. The Kier molecular flexibility index (Phi) is 4.07. The fourth-order valence-corrected chi connectivity index (χ4v) is 2.00. The molecule has 21 heavy (non-hydrogen) atoms. The van der Waals surface area contributed by atoms with Crippen molar-refractivity contribution in [2.75, 3.05) is 7.05 Å². The third-order valence-corrected chi connectivity index (χ3v) is 3.05. The number of furan rings is 1. The van der Waals surface area contributed by atoms with Gasteiger partial charge in [0.15, 0.2) is 0 Å². The highest BCUT2D eigenvalue weighted by Crippen LogP contribution is 2.16. The maximum atomic E-state index is 12.2. The zero-order valence-electron chi connectivity index (χ0n) is 12.1. The van der Waals surface area contributed by atoms with Crippen molar-refractivity contribution in [1.82, 2.24) is 9.88 Å². The van der Waals surface area contributed by atoms with Gasteiger partial charge in [0.25, 0.3) is 5.91 Å². The van der Waals surface area contributed by atoms with Crippen molar-refractivity contribution in [1.29, 1.82) is 0 Å². The molecule has 0 bridgehead atoms. The Morgan fingerprint density at radius 1 is 1.33 bits per heavy atom. The summed E-state index contributed by atoms with van der Waals surface area (Å²) in [5.41, 5.74) is 1.22. The lowest BCUT2D eigenvalue weighted by molar-refractivity contribution is 0.0694. The molecule has 1 N–H and O–H groups in total. The molecule has 0 unspecified atom stereocenters. The topological polar surface area (TPSA) is 83.6 Å². The maximum Gasteiger partial charge on any atom is 0.339 e. The Balaban J connectivity index is 2.14. The van der Waals surface area contributed by atoms with Gasteiger partial charge in [0, 0.05) is 12.7 Å². The summed E-state index contributed by atoms with van der Waals surface area (Å²) in [5.74, 6) is -0.540. The number of carbonyl (C=O) groups is 2. The number of carboxylic acid groups (broad SMARTS) is 1. The number of pyridine rings is 1. The van der Waals surface area contributed by atoms with E-state index < -0.39 is 5.97 Å². The monoisotopic (exact) mass is 288 g/mol. The largest absolute Gasteiger partial charge is 0.478 e. The minimum Gasteiger partial charge on any atom is -0.478 e. The second-order valence-corrected chi connectivity index (χ2v) is 4.81. The number of hydrogen-bond acceptors (Lipinski definition) is 4. The number of hydrogen-bond donors (Lipinski definition) is 1. The molecular formula is C15H16N2O4. The average Bonchev–Trinajstić information content (AvgIpc) is 2.78. The van der Waals surface area contributed by atoms with Crippen molar-refractivity contribution in [2.24, 2.45) is 0 Å². The van der Waals surface area contributed by atoms with Crippen LogP contribution < -0.4 is 0 Å². The number of aromatic carboxylic acids is 1. The number of aryl methyl sites for hydroxylation is 2. The quantitative estimate of drug-likeness (QED) is 0.933. The van der Waals surface area contributed by atoms with Crippen LogP contribution in [0.25, 0.3) is 0 Å². The fraction of sp³-hybridized carbons (Fsp3) is 0.267. The molecule has 0 aliphatic rings. The van der Waals surface area contributed by atoms with Crippen LogP contribution in [0.15, 0.2) is 28.7 Å². The predicted molar refractivity (Wildman–Crippen MR) is 75.2 cm³/mol. The smallest absolute Gasteiger partial charge is 0.339 e. The van der Waals surface area contributed by atoms with Crippen molar-refractivity contribution in [3.63, 3.8) is 0 Å². The van der Waals surface area contributed by atoms with E-state index in [0.717, 1.165) is 5.69 Å². The van der Waals surface area contributed by atoms with Gasteiger partial charge in [-0.05, 0) is 32.0 Å². The first-order chi connectivity index (χ1) is 9.88. The molecule has 110 valence electrons. The van der Waals surface area contributed by atoms with Crippen molar-refractivity contribution >= 4 is 11.9 Å². The van der Waals surface area contributed by atoms with Gasteiger partial charge in [0.1, 0.15) is 22.8 Å². The van der Waals surface area contributed by atoms with Gasteiger partial charge in [-0.1, -0.05) is 6.07 Å². The molecule has 6 heteroatoms. The minimum atomic E-state index is -1.04. The number of carbonyl (C=O) groups excluding carboxylic acids is 1. The summed E-state index contributed by atoms with van der Waals surface area (Å²) >= 11 is 0. The molecule has 0 fully saturated rings. The van der Waals surface area contributed by atoms with Crippen LogP contribution in [0.2, 0.25) is 0 Å². The SMILES string of the molecule is Cc1cccc(C(=O)N(C)Cc2cc(C(=O)O)c(C)o2)n1. The molecule has 0 radical (unpaired) electrons. The molecule has 0 aliphatic heterocycles. The fourth-order valence-electron chi connectivity index (χ4n) is 2.00. The van der Waals surface area contributed by atoms with Gasteiger partial charge in [-0.25, -0.2) is 9.78 Å². The van der Waals surface area contributed by atoms with Crippen LogP contribution in [0.5, 0.6) is 0 Å². The van der Waals surface area contributed by atoms with E-state index >= 15 is 0 Å². The first-order valence-corrected chi connectivity index (χ1v) is 6.40. The van der Waals surface area contributed by atoms with Crippen LogP contribution in [-0.2, 0) is 6.54 Å². The normalized spacial score (nSPS) is 10.4. The summed E-state index contributed by atoms with van der Waals surface area (Å²) < 4.78 is 5.36.